The van der Waals surface area contributed by atoms with E-state index >= 15 is 0 Å². The fraction of sp³-hybridized carbons (Fsp3) is 0.148. The molecule has 1 saturated heterocycles. The Bertz CT molecular complexity index is 1340. The fourth-order valence-corrected chi connectivity index (χ4v) is 4.48. The Labute approximate surface area is 228 Å². The van der Waals surface area contributed by atoms with Gasteiger partial charge in [0.1, 0.15) is 18.1 Å². The van der Waals surface area contributed by atoms with Crippen LogP contribution in [0.5, 0.6) is 11.5 Å². The molecule has 1 heterocycles. The van der Waals surface area contributed by atoms with E-state index in [2.05, 4.69) is 5.32 Å². The number of hydrogen-bond donors (Lipinski definition) is 1. The molecule has 1 aliphatic rings. The van der Waals surface area contributed by atoms with E-state index in [4.69, 9.17) is 32.7 Å². The quantitative estimate of drug-likeness (QED) is 0.305. The zero-order valence-electron chi connectivity index (χ0n) is 19.7. The van der Waals surface area contributed by atoms with Crippen LogP contribution >= 0.6 is 35.0 Å². The highest BCUT2D eigenvalue weighted by atomic mass is 35.5. The molecule has 4 rings (SSSR count). The molecule has 1 aliphatic heterocycles. The Morgan fingerprint density at radius 3 is 2.35 bits per heavy atom. The number of ether oxygens (including phenoxy) is 2. The summed E-state index contributed by atoms with van der Waals surface area (Å²) in [7, 11) is 0. The summed E-state index contributed by atoms with van der Waals surface area (Å²) in [6.45, 7) is 2.00. The van der Waals surface area contributed by atoms with Crippen LogP contribution in [-0.2, 0) is 9.59 Å². The fourth-order valence-electron chi connectivity index (χ4n) is 3.31. The van der Waals surface area contributed by atoms with Crippen LogP contribution in [-0.4, -0.2) is 41.7 Å². The van der Waals surface area contributed by atoms with Crippen LogP contribution in [0.15, 0.2) is 71.6 Å². The van der Waals surface area contributed by atoms with Gasteiger partial charge in [0.25, 0.3) is 17.1 Å². The summed E-state index contributed by atoms with van der Waals surface area (Å²) in [5.41, 5.74) is 2.22. The zero-order chi connectivity index (χ0) is 26.4. The van der Waals surface area contributed by atoms with Crippen molar-refractivity contribution >= 4 is 63.8 Å². The third-order valence-corrected chi connectivity index (χ3v) is 6.84. The first kappa shape index (κ1) is 26.6. The maximum atomic E-state index is 12.7. The van der Waals surface area contributed by atoms with Crippen molar-refractivity contribution in [3.05, 3.63) is 92.8 Å². The lowest BCUT2D eigenvalue weighted by molar-refractivity contribution is -0.123. The van der Waals surface area contributed by atoms with Crippen molar-refractivity contribution in [3.63, 3.8) is 0 Å². The number of amides is 3. The van der Waals surface area contributed by atoms with Gasteiger partial charge < -0.3 is 14.8 Å². The summed E-state index contributed by atoms with van der Waals surface area (Å²) in [4.78, 5) is 38.7. The predicted molar refractivity (Wildman–Crippen MR) is 146 cm³/mol. The van der Waals surface area contributed by atoms with Crippen molar-refractivity contribution in [2.24, 2.45) is 0 Å². The van der Waals surface area contributed by atoms with Gasteiger partial charge in [0.05, 0.1) is 11.4 Å². The van der Waals surface area contributed by atoms with Gasteiger partial charge >= 0.3 is 0 Å². The van der Waals surface area contributed by atoms with Gasteiger partial charge in [0.2, 0.25) is 0 Å². The highest BCUT2D eigenvalue weighted by Gasteiger charge is 2.34. The summed E-state index contributed by atoms with van der Waals surface area (Å²) in [5, 5.41) is 3.54. The first-order chi connectivity index (χ1) is 17.8. The van der Waals surface area contributed by atoms with Gasteiger partial charge in [-0.2, -0.15) is 0 Å². The monoisotopic (exact) mass is 556 g/mol. The van der Waals surface area contributed by atoms with Crippen LogP contribution in [0.2, 0.25) is 10.0 Å². The molecule has 0 bridgehead atoms. The molecular formula is C27H22Cl2N2O5S. The van der Waals surface area contributed by atoms with Gasteiger partial charge in [-0.25, -0.2) is 0 Å². The minimum absolute atomic E-state index is 0.133. The molecule has 3 aromatic carbocycles. The molecule has 7 nitrogen and oxygen atoms in total. The van der Waals surface area contributed by atoms with Gasteiger partial charge in [-0.05, 0) is 84.4 Å². The lowest BCUT2D eigenvalue weighted by atomic mass is 10.2. The molecule has 1 fully saturated rings. The third-order valence-electron chi connectivity index (χ3n) is 5.27. The molecule has 0 aliphatic carbocycles. The highest BCUT2D eigenvalue weighted by molar-refractivity contribution is 8.18. The number of aryl methyl sites for hydroxylation is 1. The Balaban J connectivity index is 1.27. The van der Waals surface area contributed by atoms with Gasteiger partial charge in [0, 0.05) is 15.7 Å². The molecule has 37 heavy (non-hydrogen) atoms. The predicted octanol–water partition coefficient (Wildman–Crippen LogP) is 6.43. The van der Waals surface area contributed by atoms with E-state index in [1.807, 2.05) is 13.0 Å². The van der Waals surface area contributed by atoms with Crippen LogP contribution in [0, 0.1) is 6.92 Å². The number of rotatable bonds is 9. The largest absolute Gasteiger partial charge is 0.492 e. The number of nitrogens with zero attached hydrogens (tertiary/aromatic N) is 1. The first-order valence-electron chi connectivity index (χ1n) is 11.2. The summed E-state index contributed by atoms with van der Waals surface area (Å²) in [5.74, 6) is 0.397. The first-order valence-corrected chi connectivity index (χ1v) is 12.8. The SMILES string of the molecule is Cc1ccc(NC(=O)COc2ccc(/C=C3\SC(=O)N(CCOc4ccc(Cl)cc4)C3=O)cc2)cc1Cl. The molecule has 3 amide bonds. The summed E-state index contributed by atoms with van der Waals surface area (Å²) in [6, 6.07) is 19.0. The lowest BCUT2D eigenvalue weighted by Crippen LogP contribution is -2.32. The van der Waals surface area contributed by atoms with Crippen LogP contribution in [0.4, 0.5) is 10.5 Å². The van der Waals surface area contributed by atoms with Crippen LogP contribution < -0.4 is 14.8 Å². The average Bonchev–Trinajstić information content (AvgIpc) is 3.14. The van der Waals surface area contributed by atoms with Crippen molar-refractivity contribution in [2.75, 3.05) is 25.1 Å². The molecule has 3 aromatic rings. The second kappa shape index (κ2) is 12.2. The van der Waals surface area contributed by atoms with Crippen molar-refractivity contribution < 1.29 is 23.9 Å². The molecule has 190 valence electrons. The molecule has 0 unspecified atom stereocenters. The molecule has 0 spiro atoms. The van der Waals surface area contributed by atoms with Gasteiger partial charge in [0.15, 0.2) is 6.61 Å². The van der Waals surface area contributed by atoms with E-state index in [9.17, 15) is 14.4 Å². The normalized spacial score (nSPS) is 14.2. The number of benzene rings is 3. The number of anilines is 1. The minimum Gasteiger partial charge on any atom is -0.492 e. The molecular weight excluding hydrogens is 535 g/mol. The van der Waals surface area contributed by atoms with Gasteiger partial charge in [-0.3, -0.25) is 19.3 Å². The van der Waals surface area contributed by atoms with Crippen molar-refractivity contribution in [1.82, 2.24) is 4.90 Å². The van der Waals surface area contributed by atoms with Gasteiger partial charge in [-0.15, -0.1) is 0 Å². The van der Waals surface area contributed by atoms with E-state index in [1.54, 1.807) is 66.7 Å². The topological polar surface area (TPSA) is 84.9 Å². The second-order valence-electron chi connectivity index (χ2n) is 8.01. The maximum absolute atomic E-state index is 12.7. The molecule has 0 aromatic heterocycles. The van der Waals surface area contributed by atoms with E-state index in [0.29, 0.717) is 37.7 Å². The van der Waals surface area contributed by atoms with Gasteiger partial charge in [-0.1, -0.05) is 41.4 Å². The van der Waals surface area contributed by atoms with Crippen LogP contribution in [0.3, 0.4) is 0 Å². The van der Waals surface area contributed by atoms with Crippen molar-refractivity contribution in [2.45, 2.75) is 6.92 Å². The molecule has 10 heteroatoms. The molecule has 0 saturated carbocycles. The average molecular weight is 557 g/mol. The molecule has 0 atom stereocenters. The van der Waals surface area contributed by atoms with E-state index in [1.165, 1.54) is 0 Å². The number of hydrogen-bond acceptors (Lipinski definition) is 6. The minimum atomic E-state index is -0.372. The molecule has 0 radical (unpaired) electrons. The Kier molecular flexibility index (Phi) is 8.76. The zero-order valence-corrected chi connectivity index (χ0v) is 22.0. The third kappa shape index (κ3) is 7.29. The number of thioether (sulfide) groups is 1. The van der Waals surface area contributed by atoms with Crippen LogP contribution in [0.1, 0.15) is 11.1 Å². The number of carbonyl (C=O) groups is 3. The van der Waals surface area contributed by atoms with Crippen molar-refractivity contribution in [1.29, 1.82) is 0 Å². The number of nitrogens with one attached hydrogen (secondary N) is 1. The maximum Gasteiger partial charge on any atom is 0.293 e. The summed E-state index contributed by atoms with van der Waals surface area (Å²) in [6.07, 6.45) is 1.64. The second-order valence-corrected chi connectivity index (χ2v) is 9.84. The highest BCUT2D eigenvalue weighted by Crippen LogP contribution is 2.32. The van der Waals surface area contributed by atoms with E-state index in [-0.39, 0.29) is 36.8 Å². The lowest BCUT2D eigenvalue weighted by Gasteiger charge is -2.13. The number of carbonyl (C=O) groups excluding carboxylic acids is 3. The summed E-state index contributed by atoms with van der Waals surface area (Å²) < 4.78 is 11.1. The van der Waals surface area contributed by atoms with E-state index in [0.717, 1.165) is 22.2 Å². The van der Waals surface area contributed by atoms with Crippen molar-refractivity contribution in [3.8, 4) is 11.5 Å². The van der Waals surface area contributed by atoms with Crippen LogP contribution in [0.25, 0.3) is 6.08 Å². The smallest absolute Gasteiger partial charge is 0.293 e. The summed E-state index contributed by atoms with van der Waals surface area (Å²) >= 11 is 12.8. The standard InChI is InChI=1S/C27H22Cl2N2O5S/c1-17-2-7-20(15-23(17)29)30-25(32)16-36-22-8-3-18(4-9-22)14-24-26(33)31(27(34)37-24)12-13-35-21-10-5-19(28)6-11-21/h2-11,14-15H,12-13,16H2,1H3,(H,30,32)/b24-14-. The number of halogens is 2. The number of imide groups is 1. The van der Waals surface area contributed by atoms with E-state index < -0.39 is 0 Å². The molecule has 1 N–H and O–H groups in total. The Morgan fingerprint density at radius 2 is 1.65 bits per heavy atom. The Morgan fingerprint density at radius 1 is 0.973 bits per heavy atom. The Hall–Kier alpha value is -3.46.